The van der Waals surface area contributed by atoms with Gasteiger partial charge >= 0.3 is 0 Å². The zero-order valence-electron chi connectivity index (χ0n) is 6.96. The van der Waals surface area contributed by atoms with E-state index in [9.17, 15) is 0 Å². The molecule has 0 radical (unpaired) electrons. The first-order chi connectivity index (χ1) is 5.70. The van der Waals surface area contributed by atoms with Gasteiger partial charge in [0.2, 0.25) is 0 Å². The number of aryl methyl sites for hydroxylation is 1. The van der Waals surface area contributed by atoms with Gasteiger partial charge in [-0.2, -0.15) is 5.26 Å². The van der Waals surface area contributed by atoms with Crippen molar-refractivity contribution < 1.29 is 4.74 Å². The highest BCUT2D eigenvalue weighted by Crippen LogP contribution is 2.29. The number of thiol groups is 1. The van der Waals surface area contributed by atoms with Crippen molar-refractivity contribution in [2.24, 2.45) is 0 Å². The number of benzene rings is 1. The molecule has 1 rings (SSSR count). The van der Waals surface area contributed by atoms with Gasteiger partial charge in [0.15, 0.2) is 0 Å². The van der Waals surface area contributed by atoms with E-state index in [-0.39, 0.29) is 0 Å². The average Bonchev–Trinajstić information content (AvgIpc) is 2.06. The van der Waals surface area contributed by atoms with Crippen LogP contribution in [0, 0.1) is 18.3 Å². The molecule has 0 saturated heterocycles. The molecule has 0 bridgehead atoms. The molecule has 0 amide bonds. The lowest BCUT2D eigenvalue weighted by Crippen LogP contribution is -1.90. The van der Waals surface area contributed by atoms with Crippen molar-refractivity contribution in [3.8, 4) is 11.8 Å². The Bertz CT molecular complexity index is 341. The van der Waals surface area contributed by atoms with Gasteiger partial charge in [0.05, 0.1) is 17.6 Å². The number of ether oxygens (including phenoxy) is 1. The van der Waals surface area contributed by atoms with Crippen LogP contribution in [0.15, 0.2) is 17.0 Å². The summed E-state index contributed by atoms with van der Waals surface area (Å²) < 4.78 is 5.09. The minimum atomic E-state index is 0.542. The van der Waals surface area contributed by atoms with Crippen LogP contribution in [0.25, 0.3) is 0 Å². The highest BCUT2D eigenvalue weighted by Gasteiger charge is 2.07. The molecule has 2 nitrogen and oxygen atoms in total. The fraction of sp³-hybridized carbons (Fsp3) is 0.222. The van der Waals surface area contributed by atoms with Gasteiger partial charge < -0.3 is 4.74 Å². The van der Waals surface area contributed by atoms with Crippen LogP contribution in [0.2, 0.25) is 0 Å². The standard InChI is InChI=1S/C9H9NOS/c1-6-3-4-7(5-10)9(12)8(6)11-2/h3-4,12H,1-2H3. The molecular weight excluding hydrogens is 170 g/mol. The Kier molecular flexibility index (Phi) is 2.61. The molecule has 0 unspecified atom stereocenters. The minimum absolute atomic E-state index is 0.542. The number of nitrogens with zero attached hydrogens (tertiary/aromatic N) is 1. The lowest BCUT2D eigenvalue weighted by atomic mass is 10.1. The molecule has 0 aliphatic heterocycles. The van der Waals surface area contributed by atoms with Gasteiger partial charge in [0.25, 0.3) is 0 Å². The summed E-state index contributed by atoms with van der Waals surface area (Å²) >= 11 is 4.19. The zero-order valence-corrected chi connectivity index (χ0v) is 7.85. The number of hydrogen-bond acceptors (Lipinski definition) is 3. The van der Waals surface area contributed by atoms with Crippen molar-refractivity contribution in [2.45, 2.75) is 11.8 Å². The van der Waals surface area contributed by atoms with Gasteiger partial charge in [-0.1, -0.05) is 6.07 Å². The van der Waals surface area contributed by atoms with E-state index in [1.807, 2.05) is 19.1 Å². The zero-order chi connectivity index (χ0) is 9.14. The van der Waals surface area contributed by atoms with Gasteiger partial charge in [-0.25, -0.2) is 0 Å². The van der Waals surface area contributed by atoms with Gasteiger partial charge in [-0.05, 0) is 18.6 Å². The summed E-state index contributed by atoms with van der Waals surface area (Å²) in [4.78, 5) is 0.611. The molecule has 0 saturated carbocycles. The third kappa shape index (κ3) is 1.39. The van der Waals surface area contributed by atoms with Gasteiger partial charge in [0.1, 0.15) is 11.8 Å². The molecule has 12 heavy (non-hydrogen) atoms. The van der Waals surface area contributed by atoms with Crippen LogP contribution in [0.5, 0.6) is 5.75 Å². The predicted molar refractivity (Wildman–Crippen MR) is 49.7 cm³/mol. The molecule has 0 spiro atoms. The number of hydrogen-bond donors (Lipinski definition) is 1. The quantitative estimate of drug-likeness (QED) is 0.670. The average molecular weight is 179 g/mol. The molecule has 0 aliphatic carbocycles. The SMILES string of the molecule is COc1c(C)ccc(C#N)c1S. The van der Waals surface area contributed by atoms with Crippen LogP contribution in [-0.2, 0) is 0 Å². The molecule has 0 aliphatic rings. The molecule has 62 valence electrons. The summed E-state index contributed by atoms with van der Waals surface area (Å²) in [5.41, 5.74) is 1.53. The summed E-state index contributed by atoms with van der Waals surface area (Å²) in [5, 5.41) is 8.67. The first kappa shape index (κ1) is 8.95. The van der Waals surface area contributed by atoms with Crippen LogP contribution >= 0.6 is 12.6 Å². The minimum Gasteiger partial charge on any atom is -0.495 e. The smallest absolute Gasteiger partial charge is 0.136 e. The largest absolute Gasteiger partial charge is 0.495 e. The number of nitriles is 1. The summed E-state index contributed by atoms with van der Waals surface area (Å²) in [6.45, 7) is 1.92. The molecule has 0 N–H and O–H groups in total. The molecule has 1 aromatic rings. The van der Waals surface area contributed by atoms with Crippen LogP contribution in [-0.4, -0.2) is 7.11 Å². The molecule has 0 fully saturated rings. The van der Waals surface area contributed by atoms with Gasteiger partial charge in [0, 0.05) is 0 Å². The van der Waals surface area contributed by atoms with E-state index in [1.54, 1.807) is 13.2 Å². The Morgan fingerprint density at radius 3 is 2.67 bits per heavy atom. The second-order valence-electron chi connectivity index (χ2n) is 2.42. The van der Waals surface area contributed by atoms with E-state index in [4.69, 9.17) is 10.00 Å². The van der Waals surface area contributed by atoms with Crippen molar-refractivity contribution in [2.75, 3.05) is 7.11 Å². The van der Waals surface area contributed by atoms with Crippen LogP contribution < -0.4 is 4.74 Å². The monoisotopic (exact) mass is 179 g/mol. The summed E-state index contributed by atoms with van der Waals surface area (Å²) in [6, 6.07) is 5.62. The maximum atomic E-state index is 8.67. The Morgan fingerprint density at radius 1 is 1.50 bits per heavy atom. The first-order valence-corrected chi connectivity index (χ1v) is 3.92. The highest BCUT2D eigenvalue weighted by atomic mass is 32.1. The highest BCUT2D eigenvalue weighted by molar-refractivity contribution is 7.80. The summed E-state index contributed by atoms with van der Waals surface area (Å²) in [7, 11) is 1.57. The van der Waals surface area contributed by atoms with E-state index < -0.39 is 0 Å². The van der Waals surface area contributed by atoms with Crippen molar-refractivity contribution in [1.29, 1.82) is 5.26 Å². The lowest BCUT2D eigenvalue weighted by Gasteiger charge is -2.07. The Morgan fingerprint density at radius 2 is 2.17 bits per heavy atom. The lowest BCUT2D eigenvalue weighted by molar-refractivity contribution is 0.401. The molecule has 1 aromatic carbocycles. The van der Waals surface area contributed by atoms with E-state index in [0.717, 1.165) is 5.56 Å². The van der Waals surface area contributed by atoms with E-state index >= 15 is 0 Å². The third-order valence-electron chi connectivity index (χ3n) is 1.65. The molecule has 0 atom stereocenters. The molecule has 0 heterocycles. The fourth-order valence-corrected chi connectivity index (χ4v) is 1.41. The topological polar surface area (TPSA) is 33.0 Å². The first-order valence-electron chi connectivity index (χ1n) is 3.47. The van der Waals surface area contributed by atoms with Crippen LogP contribution in [0.4, 0.5) is 0 Å². The maximum absolute atomic E-state index is 8.67. The van der Waals surface area contributed by atoms with E-state index in [0.29, 0.717) is 16.2 Å². The second kappa shape index (κ2) is 3.51. The Balaban J connectivity index is 3.36. The summed E-state index contributed by atoms with van der Waals surface area (Å²) in [5.74, 6) is 0.678. The number of methoxy groups -OCH3 is 1. The fourth-order valence-electron chi connectivity index (χ4n) is 1.02. The molecule has 0 aromatic heterocycles. The molecule has 3 heteroatoms. The Labute approximate surface area is 77.2 Å². The molecular formula is C9H9NOS. The number of rotatable bonds is 1. The van der Waals surface area contributed by atoms with Crippen molar-refractivity contribution in [1.82, 2.24) is 0 Å². The van der Waals surface area contributed by atoms with Crippen LogP contribution in [0.1, 0.15) is 11.1 Å². The Hall–Kier alpha value is -1.14. The normalized spacial score (nSPS) is 9.17. The predicted octanol–water partition coefficient (Wildman–Crippen LogP) is 2.16. The van der Waals surface area contributed by atoms with Crippen molar-refractivity contribution in [3.63, 3.8) is 0 Å². The summed E-state index contributed by atoms with van der Waals surface area (Å²) in [6.07, 6.45) is 0. The maximum Gasteiger partial charge on any atom is 0.136 e. The second-order valence-corrected chi connectivity index (χ2v) is 2.87. The van der Waals surface area contributed by atoms with Gasteiger partial charge in [-0.15, -0.1) is 12.6 Å². The van der Waals surface area contributed by atoms with Crippen molar-refractivity contribution in [3.05, 3.63) is 23.3 Å². The third-order valence-corrected chi connectivity index (χ3v) is 2.10. The van der Waals surface area contributed by atoms with Crippen LogP contribution in [0.3, 0.4) is 0 Å². The van der Waals surface area contributed by atoms with Gasteiger partial charge in [-0.3, -0.25) is 0 Å². The van der Waals surface area contributed by atoms with E-state index in [1.165, 1.54) is 0 Å². The van der Waals surface area contributed by atoms with Crippen molar-refractivity contribution >= 4 is 12.6 Å². The van der Waals surface area contributed by atoms with E-state index in [2.05, 4.69) is 12.6 Å².